The molecule has 0 fully saturated rings. The van der Waals surface area contributed by atoms with Crippen LogP contribution in [0.4, 0.5) is 4.79 Å². The van der Waals surface area contributed by atoms with Crippen LogP contribution in [0, 0.1) is 5.92 Å². The molecular formula is C14H21N3O3. The topological polar surface area (TPSA) is 91.3 Å². The van der Waals surface area contributed by atoms with E-state index in [-0.39, 0.29) is 12.0 Å². The molecule has 0 radical (unpaired) electrons. The van der Waals surface area contributed by atoms with Gasteiger partial charge < -0.3 is 15.7 Å². The third-order valence-corrected chi connectivity index (χ3v) is 3.32. The predicted octanol–water partition coefficient (Wildman–Crippen LogP) is 1.94. The van der Waals surface area contributed by atoms with Gasteiger partial charge in [-0.25, -0.2) is 9.59 Å². The smallest absolute Gasteiger partial charge is 0.326 e. The molecule has 1 rings (SSSR count). The fourth-order valence-corrected chi connectivity index (χ4v) is 1.80. The van der Waals surface area contributed by atoms with Gasteiger partial charge in [-0.2, -0.15) is 0 Å². The quantitative estimate of drug-likeness (QED) is 0.742. The molecule has 1 aromatic rings. The van der Waals surface area contributed by atoms with E-state index in [1.54, 1.807) is 31.5 Å². The molecule has 1 aromatic heterocycles. The Morgan fingerprint density at radius 1 is 1.25 bits per heavy atom. The molecular weight excluding hydrogens is 258 g/mol. The molecule has 6 nitrogen and oxygen atoms in total. The van der Waals surface area contributed by atoms with Crippen molar-refractivity contribution in [1.29, 1.82) is 0 Å². The second kappa shape index (κ2) is 7.47. The van der Waals surface area contributed by atoms with Crippen LogP contribution in [0.5, 0.6) is 0 Å². The zero-order valence-corrected chi connectivity index (χ0v) is 12.0. The lowest BCUT2D eigenvalue weighted by atomic mass is 9.99. The van der Waals surface area contributed by atoms with E-state index in [0.717, 1.165) is 5.56 Å². The monoisotopic (exact) mass is 279 g/mol. The van der Waals surface area contributed by atoms with Crippen LogP contribution >= 0.6 is 0 Å². The first-order valence-electron chi connectivity index (χ1n) is 6.65. The summed E-state index contributed by atoms with van der Waals surface area (Å²) in [6, 6.07) is 2.01. The van der Waals surface area contributed by atoms with Crippen LogP contribution in [-0.4, -0.2) is 28.1 Å². The van der Waals surface area contributed by atoms with E-state index in [1.165, 1.54) is 0 Å². The Morgan fingerprint density at radius 2 is 1.85 bits per heavy atom. The van der Waals surface area contributed by atoms with Gasteiger partial charge in [-0.15, -0.1) is 0 Å². The second-order valence-electron chi connectivity index (χ2n) is 4.82. The summed E-state index contributed by atoms with van der Waals surface area (Å²) in [4.78, 5) is 26.9. The summed E-state index contributed by atoms with van der Waals surface area (Å²) in [7, 11) is 0. The lowest BCUT2D eigenvalue weighted by molar-refractivity contribution is -0.140. The summed E-state index contributed by atoms with van der Waals surface area (Å²) in [6.45, 7) is 5.51. The summed E-state index contributed by atoms with van der Waals surface area (Å²) in [5, 5.41) is 14.3. The number of nitrogens with zero attached hydrogens (tertiary/aromatic N) is 1. The van der Waals surface area contributed by atoms with Crippen molar-refractivity contribution in [2.24, 2.45) is 5.92 Å². The molecule has 0 saturated carbocycles. The average molecular weight is 279 g/mol. The van der Waals surface area contributed by atoms with Gasteiger partial charge in [0, 0.05) is 12.4 Å². The van der Waals surface area contributed by atoms with Crippen LogP contribution in [0.25, 0.3) is 0 Å². The fourth-order valence-electron chi connectivity index (χ4n) is 1.80. The number of aliphatic carboxylic acids is 1. The average Bonchev–Trinajstić information content (AvgIpc) is 2.44. The van der Waals surface area contributed by atoms with Crippen molar-refractivity contribution in [3.63, 3.8) is 0 Å². The van der Waals surface area contributed by atoms with E-state index < -0.39 is 18.0 Å². The number of pyridine rings is 1. The van der Waals surface area contributed by atoms with E-state index in [1.807, 2.05) is 13.8 Å². The lowest BCUT2D eigenvalue weighted by Gasteiger charge is -2.22. The normalized spacial score (nSPS) is 14.9. The van der Waals surface area contributed by atoms with Crippen molar-refractivity contribution >= 4 is 12.0 Å². The number of carboxylic acids is 1. The highest BCUT2D eigenvalue weighted by Gasteiger charge is 2.25. The van der Waals surface area contributed by atoms with Gasteiger partial charge in [0.2, 0.25) is 0 Å². The maximum absolute atomic E-state index is 11.9. The van der Waals surface area contributed by atoms with Crippen LogP contribution in [0.2, 0.25) is 0 Å². The minimum atomic E-state index is -1.02. The molecule has 20 heavy (non-hydrogen) atoms. The first-order valence-corrected chi connectivity index (χ1v) is 6.65. The van der Waals surface area contributed by atoms with Crippen molar-refractivity contribution in [3.8, 4) is 0 Å². The first-order chi connectivity index (χ1) is 9.45. The van der Waals surface area contributed by atoms with Gasteiger partial charge in [-0.1, -0.05) is 20.3 Å². The Balaban J connectivity index is 2.60. The second-order valence-corrected chi connectivity index (χ2v) is 4.82. The van der Waals surface area contributed by atoms with Crippen molar-refractivity contribution < 1.29 is 14.7 Å². The molecule has 0 aromatic carbocycles. The molecule has 3 atom stereocenters. The van der Waals surface area contributed by atoms with Crippen molar-refractivity contribution in [2.45, 2.75) is 39.3 Å². The van der Waals surface area contributed by atoms with Gasteiger partial charge in [0.15, 0.2) is 0 Å². The summed E-state index contributed by atoms with van der Waals surface area (Å²) < 4.78 is 0. The summed E-state index contributed by atoms with van der Waals surface area (Å²) in [6.07, 6.45) is 3.96. The molecule has 2 amide bonds. The number of carboxylic acid groups (broad SMARTS) is 1. The molecule has 3 N–H and O–H groups in total. The number of rotatable bonds is 6. The molecule has 6 heteroatoms. The van der Waals surface area contributed by atoms with Gasteiger partial charge >= 0.3 is 12.0 Å². The standard InChI is InChI=1S/C14H21N3O3/c1-4-9(2)12(13(18)19)17-14(20)16-10(3)11-5-7-15-8-6-11/h5-10,12H,4H2,1-3H3,(H,18,19)(H2,16,17,20)/t9-,10?,12-/m0/s1. The summed E-state index contributed by atoms with van der Waals surface area (Å²) in [5.41, 5.74) is 0.908. The van der Waals surface area contributed by atoms with E-state index in [0.29, 0.717) is 6.42 Å². The molecule has 0 aliphatic heterocycles. The van der Waals surface area contributed by atoms with Gasteiger partial charge in [0.05, 0.1) is 6.04 Å². The van der Waals surface area contributed by atoms with Crippen molar-refractivity contribution in [1.82, 2.24) is 15.6 Å². The highest BCUT2D eigenvalue weighted by atomic mass is 16.4. The van der Waals surface area contributed by atoms with Gasteiger partial charge in [0.25, 0.3) is 0 Å². The largest absolute Gasteiger partial charge is 0.480 e. The predicted molar refractivity (Wildman–Crippen MR) is 75.2 cm³/mol. The molecule has 0 saturated heterocycles. The SMILES string of the molecule is CC[C@H](C)[C@H](NC(=O)NC(C)c1ccncc1)C(=O)O. The molecule has 0 aliphatic rings. The number of nitrogens with one attached hydrogen (secondary N) is 2. The maximum Gasteiger partial charge on any atom is 0.326 e. The Labute approximate surface area is 118 Å². The van der Waals surface area contributed by atoms with Crippen LogP contribution in [0.3, 0.4) is 0 Å². The number of urea groups is 1. The van der Waals surface area contributed by atoms with E-state index in [2.05, 4.69) is 15.6 Å². The van der Waals surface area contributed by atoms with Gasteiger partial charge in [-0.3, -0.25) is 4.98 Å². The highest BCUT2D eigenvalue weighted by molar-refractivity contribution is 5.82. The summed E-state index contributed by atoms with van der Waals surface area (Å²) >= 11 is 0. The first kappa shape index (κ1) is 15.9. The number of amides is 2. The zero-order chi connectivity index (χ0) is 15.1. The van der Waals surface area contributed by atoms with Gasteiger partial charge in [0.1, 0.15) is 6.04 Å². The minimum Gasteiger partial charge on any atom is -0.480 e. The van der Waals surface area contributed by atoms with Crippen LogP contribution in [-0.2, 0) is 4.79 Å². The van der Waals surface area contributed by atoms with Crippen LogP contribution < -0.4 is 10.6 Å². The Morgan fingerprint density at radius 3 is 2.35 bits per heavy atom. The highest BCUT2D eigenvalue weighted by Crippen LogP contribution is 2.11. The molecule has 1 heterocycles. The lowest BCUT2D eigenvalue weighted by Crippen LogP contribution is -2.49. The fraction of sp³-hybridized carbons (Fsp3) is 0.500. The number of carbonyl (C=O) groups excluding carboxylic acids is 1. The molecule has 1 unspecified atom stereocenters. The molecule has 0 bridgehead atoms. The molecule has 110 valence electrons. The van der Waals surface area contributed by atoms with E-state index >= 15 is 0 Å². The summed E-state index contributed by atoms with van der Waals surface area (Å²) in [5.74, 6) is -1.15. The zero-order valence-electron chi connectivity index (χ0n) is 12.0. The Hall–Kier alpha value is -2.11. The van der Waals surface area contributed by atoms with E-state index in [4.69, 9.17) is 5.11 Å². The van der Waals surface area contributed by atoms with Crippen LogP contribution in [0.15, 0.2) is 24.5 Å². The number of hydrogen-bond donors (Lipinski definition) is 3. The van der Waals surface area contributed by atoms with Crippen molar-refractivity contribution in [2.75, 3.05) is 0 Å². The Kier molecular flexibility index (Phi) is 5.96. The number of carbonyl (C=O) groups is 2. The minimum absolute atomic E-state index is 0.130. The number of aromatic nitrogens is 1. The van der Waals surface area contributed by atoms with Crippen molar-refractivity contribution in [3.05, 3.63) is 30.1 Å². The third kappa shape index (κ3) is 4.53. The van der Waals surface area contributed by atoms with Crippen LogP contribution in [0.1, 0.15) is 38.8 Å². The Bertz CT molecular complexity index is 450. The molecule has 0 aliphatic carbocycles. The van der Waals surface area contributed by atoms with Gasteiger partial charge in [-0.05, 0) is 30.5 Å². The van der Waals surface area contributed by atoms with E-state index in [9.17, 15) is 9.59 Å². The maximum atomic E-state index is 11.9. The molecule has 0 spiro atoms. The number of hydrogen-bond acceptors (Lipinski definition) is 3. The third-order valence-electron chi connectivity index (χ3n) is 3.32.